The third-order valence-corrected chi connectivity index (χ3v) is 5.79. The fourth-order valence-corrected chi connectivity index (χ4v) is 4.17. The van der Waals surface area contributed by atoms with Gasteiger partial charge in [-0.05, 0) is 38.7 Å². The maximum Gasteiger partial charge on any atom is 0.334 e. The fourth-order valence-electron chi connectivity index (χ4n) is 4.17. The summed E-state index contributed by atoms with van der Waals surface area (Å²) in [7, 11) is 0. The summed E-state index contributed by atoms with van der Waals surface area (Å²) in [5.41, 5.74) is 2.40. The maximum absolute atomic E-state index is 12.3. The van der Waals surface area contributed by atoms with Crippen LogP contribution in [0.25, 0.3) is 0 Å². The predicted octanol–water partition coefficient (Wildman–Crippen LogP) is 2.48. The average molecular weight is 344 g/mol. The molecule has 0 bridgehead atoms. The van der Waals surface area contributed by atoms with Crippen molar-refractivity contribution in [3.63, 3.8) is 0 Å². The summed E-state index contributed by atoms with van der Waals surface area (Å²) in [6.07, 6.45) is 1.97. The summed E-state index contributed by atoms with van der Waals surface area (Å²) in [6, 6.07) is 0. The van der Waals surface area contributed by atoms with Crippen LogP contribution in [0.2, 0.25) is 0 Å². The van der Waals surface area contributed by atoms with Gasteiger partial charge in [-0.15, -0.1) is 0 Å². The van der Waals surface area contributed by atoms with Crippen molar-refractivity contribution in [3.05, 3.63) is 47.6 Å². The van der Waals surface area contributed by atoms with E-state index in [1.54, 1.807) is 19.9 Å². The molecule has 0 amide bonds. The van der Waals surface area contributed by atoms with Crippen LogP contribution in [0.1, 0.15) is 27.2 Å². The van der Waals surface area contributed by atoms with Crippen LogP contribution in [0.3, 0.4) is 0 Å². The Morgan fingerprint density at radius 3 is 2.72 bits per heavy atom. The van der Waals surface area contributed by atoms with Crippen molar-refractivity contribution in [2.75, 3.05) is 0 Å². The highest BCUT2D eigenvalue weighted by atomic mass is 16.6. The minimum Gasteiger partial charge on any atom is -0.458 e. The van der Waals surface area contributed by atoms with Crippen molar-refractivity contribution < 1.29 is 24.2 Å². The first-order valence-electron chi connectivity index (χ1n) is 8.55. The number of esters is 2. The van der Waals surface area contributed by atoms with E-state index in [0.29, 0.717) is 11.1 Å². The Morgan fingerprint density at radius 1 is 1.40 bits per heavy atom. The predicted molar refractivity (Wildman–Crippen MR) is 92.3 cm³/mol. The quantitative estimate of drug-likeness (QED) is 0.473. The third-order valence-electron chi connectivity index (χ3n) is 5.79. The molecular formula is C20H24O5. The minimum atomic E-state index is -1.07. The van der Waals surface area contributed by atoms with Crippen molar-refractivity contribution >= 4 is 11.9 Å². The number of hydrogen-bond donors (Lipinski definition) is 1. The molecule has 1 saturated heterocycles. The van der Waals surface area contributed by atoms with Crippen LogP contribution in [0.5, 0.6) is 0 Å². The highest BCUT2D eigenvalue weighted by Gasteiger charge is 2.57. The van der Waals surface area contributed by atoms with E-state index in [4.69, 9.17) is 9.47 Å². The number of fused-ring (bicyclic) bond motifs is 3. The van der Waals surface area contributed by atoms with Gasteiger partial charge in [-0.2, -0.15) is 0 Å². The molecule has 3 aliphatic rings. The molecule has 0 aromatic rings. The van der Waals surface area contributed by atoms with Gasteiger partial charge in [0.05, 0.1) is 5.92 Å². The number of carbonyl (C=O) groups excluding carboxylic acids is 2. The zero-order valence-electron chi connectivity index (χ0n) is 14.8. The molecule has 1 saturated carbocycles. The Balaban J connectivity index is 2.03. The molecule has 5 heteroatoms. The summed E-state index contributed by atoms with van der Waals surface area (Å²) in [6.45, 7) is 13.3. The summed E-state index contributed by atoms with van der Waals surface area (Å²) in [4.78, 5) is 24.5. The van der Waals surface area contributed by atoms with Crippen molar-refractivity contribution in [1.29, 1.82) is 0 Å². The number of rotatable bonds is 2. The molecule has 0 spiro atoms. The van der Waals surface area contributed by atoms with Gasteiger partial charge in [0.15, 0.2) is 0 Å². The highest BCUT2D eigenvalue weighted by molar-refractivity contribution is 5.92. The van der Waals surface area contributed by atoms with Crippen LogP contribution < -0.4 is 0 Å². The van der Waals surface area contributed by atoms with Gasteiger partial charge in [0.1, 0.15) is 18.3 Å². The van der Waals surface area contributed by atoms with E-state index in [1.165, 1.54) is 0 Å². The fraction of sp³-hybridized carbons (Fsp3) is 0.500. The van der Waals surface area contributed by atoms with Crippen LogP contribution >= 0.6 is 0 Å². The maximum atomic E-state index is 12.3. The SMILES string of the molecule is C=C1C(=O)O[C@@H]2[C@H]1[C@H](OC(=O)/C(C)=C/C)[C@H](O)C(=C)[C@@H]1CC=C(C)[C@H]21. The molecule has 1 heterocycles. The summed E-state index contributed by atoms with van der Waals surface area (Å²) in [5, 5.41) is 10.9. The standard InChI is InChI=1S/C20H24O5/c1-6-9(2)19(22)25-18-15-12(5)20(23)24-17(15)14-10(3)7-8-13(14)11(4)16(18)21/h6-7,13-18,21H,4-5,8H2,1-3H3/b9-6+/t13-,14-,15-,16+,17-,18-/m0/s1. The lowest BCUT2D eigenvalue weighted by atomic mass is 9.80. The topological polar surface area (TPSA) is 72.8 Å². The molecule has 2 aliphatic carbocycles. The molecule has 0 aromatic carbocycles. The number of carbonyl (C=O) groups is 2. The van der Waals surface area contributed by atoms with Gasteiger partial charge < -0.3 is 14.6 Å². The van der Waals surface area contributed by atoms with Crippen LogP contribution in [-0.2, 0) is 19.1 Å². The Kier molecular flexibility index (Phi) is 4.45. The van der Waals surface area contributed by atoms with Gasteiger partial charge in [-0.3, -0.25) is 0 Å². The first-order valence-corrected chi connectivity index (χ1v) is 8.55. The van der Waals surface area contributed by atoms with Crippen LogP contribution in [0.15, 0.2) is 47.6 Å². The lowest BCUT2D eigenvalue weighted by Gasteiger charge is -2.29. The normalized spacial score (nSPS) is 37.8. The molecule has 6 atom stereocenters. The molecule has 0 unspecified atom stereocenters. The Labute approximate surface area is 147 Å². The average Bonchev–Trinajstić information content (AvgIpc) is 3.08. The van der Waals surface area contributed by atoms with Crippen molar-refractivity contribution in [2.24, 2.45) is 17.8 Å². The largest absolute Gasteiger partial charge is 0.458 e. The molecule has 134 valence electrons. The van der Waals surface area contributed by atoms with Gasteiger partial charge in [-0.25, -0.2) is 9.59 Å². The molecule has 5 nitrogen and oxygen atoms in total. The van der Waals surface area contributed by atoms with Crippen LogP contribution in [0.4, 0.5) is 0 Å². The van der Waals surface area contributed by atoms with E-state index >= 15 is 0 Å². The number of hydrogen-bond acceptors (Lipinski definition) is 5. The van der Waals surface area contributed by atoms with Crippen molar-refractivity contribution in [3.8, 4) is 0 Å². The summed E-state index contributed by atoms with van der Waals surface area (Å²) < 4.78 is 11.2. The molecule has 3 rings (SSSR count). The number of allylic oxidation sites excluding steroid dienone is 2. The number of aliphatic hydroxyl groups excluding tert-OH is 1. The third kappa shape index (κ3) is 2.67. The molecular weight excluding hydrogens is 320 g/mol. The van der Waals surface area contributed by atoms with E-state index in [-0.39, 0.29) is 17.4 Å². The number of ether oxygens (including phenoxy) is 2. The monoisotopic (exact) mass is 344 g/mol. The first kappa shape index (κ1) is 17.7. The van der Waals surface area contributed by atoms with E-state index in [9.17, 15) is 14.7 Å². The van der Waals surface area contributed by atoms with Crippen LogP contribution in [0, 0.1) is 17.8 Å². The molecule has 2 fully saturated rings. The Morgan fingerprint density at radius 2 is 2.08 bits per heavy atom. The Bertz CT molecular complexity index is 714. The van der Waals surface area contributed by atoms with E-state index in [0.717, 1.165) is 12.0 Å². The van der Waals surface area contributed by atoms with Crippen molar-refractivity contribution in [2.45, 2.75) is 45.5 Å². The van der Waals surface area contributed by atoms with Gasteiger partial charge in [0.25, 0.3) is 0 Å². The molecule has 1 N–H and O–H groups in total. The second-order valence-corrected chi connectivity index (χ2v) is 7.10. The lowest BCUT2D eigenvalue weighted by molar-refractivity contribution is -0.153. The van der Waals surface area contributed by atoms with Gasteiger partial charge in [0.2, 0.25) is 0 Å². The smallest absolute Gasteiger partial charge is 0.334 e. The summed E-state index contributed by atoms with van der Waals surface area (Å²) >= 11 is 0. The molecule has 1 aliphatic heterocycles. The zero-order valence-corrected chi connectivity index (χ0v) is 14.8. The Hall–Kier alpha value is -2.14. The van der Waals surface area contributed by atoms with Gasteiger partial charge >= 0.3 is 11.9 Å². The first-order chi connectivity index (χ1) is 11.8. The van der Waals surface area contributed by atoms with E-state index < -0.39 is 36.2 Å². The lowest BCUT2D eigenvalue weighted by Crippen LogP contribution is -2.41. The second-order valence-electron chi connectivity index (χ2n) is 7.10. The number of aliphatic hydroxyl groups is 1. The van der Waals surface area contributed by atoms with E-state index in [2.05, 4.69) is 19.2 Å². The minimum absolute atomic E-state index is 0.0345. The molecule has 25 heavy (non-hydrogen) atoms. The van der Waals surface area contributed by atoms with Crippen LogP contribution in [-0.4, -0.2) is 35.4 Å². The highest BCUT2D eigenvalue weighted by Crippen LogP contribution is 2.51. The zero-order chi connectivity index (χ0) is 18.5. The second kappa shape index (κ2) is 6.30. The molecule has 0 radical (unpaired) electrons. The van der Waals surface area contributed by atoms with Gasteiger partial charge in [0, 0.05) is 17.1 Å². The summed E-state index contributed by atoms with van der Waals surface area (Å²) in [5.74, 6) is -1.69. The molecule has 0 aromatic heterocycles. The van der Waals surface area contributed by atoms with Gasteiger partial charge in [-0.1, -0.05) is 30.9 Å². The van der Waals surface area contributed by atoms with E-state index in [1.807, 2.05) is 6.92 Å². The van der Waals surface area contributed by atoms with Crippen molar-refractivity contribution in [1.82, 2.24) is 0 Å².